The molecule has 12 heteroatoms. The Balaban J connectivity index is 0.000000716. The monoisotopic (exact) mass is 648 g/mol. The van der Waals surface area contributed by atoms with Crippen molar-refractivity contribution in [3.8, 4) is 23.0 Å². The number of ether oxygens (including phenoxy) is 4. The second-order valence-electron chi connectivity index (χ2n) is 10.4. The number of carboxylic acids is 2. The maximum Gasteiger partial charge on any atom is 0.303 e. The molecule has 0 saturated heterocycles. The minimum Gasteiger partial charge on any atom is -0.487 e. The summed E-state index contributed by atoms with van der Waals surface area (Å²) in [5.74, 6) is 0.429. The Bertz CT molecular complexity index is 1040. The third-order valence-electron chi connectivity index (χ3n) is 5.35. The summed E-state index contributed by atoms with van der Waals surface area (Å²) in [5, 5.41) is 41.7. The number of carbonyl (C=O) groups is 2. The van der Waals surface area contributed by atoms with Gasteiger partial charge in [-0.05, 0) is 24.3 Å². The number of aliphatic hydroxyl groups is 2. The predicted octanol–water partition coefficient (Wildman–Crippen LogP) is 3.91. The summed E-state index contributed by atoms with van der Waals surface area (Å²) in [6, 6.07) is 15.5. The van der Waals surface area contributed by atoms with Crippen molar-refractivity contribution in [1.29, 1.82) is 0 Å². The normalized spacial score (nSPS) is 11.6. The van der Waals surface area contributed by atoms with Crippen LogP contribution in [0.5, 0.6) is 23.0 Å². The van der Waals surface area contributed by atoms with E-state index in [4.69, 9.17) is 29.2 Å². The molecule has 0 spiro atoms. The number of carboxylic acid groups (broad SMARTS) is 2. The average Bonchev–Trinajstić information content (AvgIpc) is 3.02. The summed E-state index contributed by atoms with van der Waals surface area (Å²) in [4.78, 5) is 19.3. The van der Waals surface area contributed by atoms with Crippen LogP contribution in [0.3, 0.4) is 0 Å². The van der Waals surface area contributed by atoms with Crippen LogP contribution in [0.25, 0.3) is 0 Å². The highest BCUT2D eigenvalue weighted by atomic mass is 16.5. The Hall–Kier alpha value is -4.10. The zero-order valence-corrected chi connectivity index (χ0v) is 27.4. The third-order valence-corrected chi connectivity index (χ3v) is 5.35. The lowest BCUT2D eigenvalue weighted by molar-refractivity contribution is -0.143. The van der Waals surface area contributed by atoms with Gasteiger partial charge in [-0.25, -0.2) is 0 Å². The summed E-state index contributed by atoms with van der Waals surface area (Å²) < 4.78 is 22.1. The van der Waals surface area contributed by atoms with Gasteiger partial charge >= 0.3 is 11.9 Å². The van der Waals surface area contributed by atoms with Gasteiger partial charge in [0.05, 0.1) is 12.8 Å². The first-order valence-electron chi connectivity index (χ1n) is 15.1. The standard InChI is InChI=1S/2C15H23NO3.C4H6O4/c2*1-4-9-18-14-7-5-6-8-15(14)19-11-13(17)10-16-12(2)3;5-3(6)1-2-4(7)8/h2*4-8,12-13,16-17H,1,9-11H2,2-3H3;1-2H2,(H,5,6)(H,7,8). The summed E-state index contributed by atoms with van der Waals surface area (Å²) in [6.07, 6.45) is 1.67. The Morgan fingerprint density at radius 3 is 1.22 bits per heavy atom. The van der Waals surface area contributed by atoms with Gasteiger partial charge in [0, 0.05) is 25.2 Å². The predicted molar refractivity (Wildman–Crippen MR) is 178 cm³/mol. The molecule has 0 fully saturated rings. The van der Waals surface area contributed by atoms with Crippen LogP contribution < -0.4 is 29.6 Å². The smallest absolute Gasteiger partial charge is 0.303 e. The van der Waals surface area contributed by atoms with Crippen LogP contribution in [-0.4, -0.2) is 96.2 Å². The van der Waals surface area contributed by atoms with Crippen molar-refractivity contribution in [3.05, 3.63) is 73.8 Å². The Kier molecular flexibility index (Phi) is 23.8. The second-order valence-corrected chi connectivity index (χ2v) is 10.4. The minimum atomic E-state index is -1.08. The Morgan fingerprint density at radius 1 is 0.652 bits per heavy atom. The van der Waals surface area contributed by atoms with Crippen LogP contribution in [0, 0.1) is 0 Å². The van der Waals surface area contributed by atoms with Gasteiger partial charge in [-0.2, -0.15) is 0 Å². The highest BCUT2D eigenvalue weighted by Gasteiger charge is 2.10. The van der Waals surface area contributed by atoms with Crippen molar-refractivity contribution < 1.29 is 49.0 Å². The third kappa shape index (κ3) is 23.3. The maximum absolute atomic E-state index is 9.78. The molecule has 258 valence electrons. The molecule has 2 rings (SSSR count). The average molecular weight is 649 g/mol. The summed E-state index contributed by atoms with van der Waals surface area (Å²) in [7, 11) is 0. The topological polar surface area (TPSA) is 176 Å². The molecule has 2 unspecified atom stereocenters. The molecule has 0 bridgehead atoms. The number of benzene rings is 2. The van der Waals surface area contributed by atoms with E-state index >= 15 is 0 Å². The lowest BCUT2D eigenvalue weighted by Crippen LogP contribution is -2.35. The van der Waals surface area contributed by atoms with E-state index in [0.717, 1.165) is 0 Å². The van der Waals surface area contributed by atoms with Crippen LogP contribution in [0.4, 0.5) is 0 Å². The molecular formula is C34H52N2O10. The zero-order chi connectivity index (χ0) is 34.7. The molecule has 12 nitrogen and oxygen atoms in total. The van der Waals surface area contributed by atoms with Gasteiger partial charge < -0.3 is 50.0 Å². The summed E-state index contributed by atoms with van der Waals surface area (Å²) in [6.45, 7) is 17.7. The van der Waals surface area contributed by atoms with Gasteiger partial charge in [0.15, 0.2) is 23.0 Å². The first-order valence-corrected chi connectivity index (χ1v) is 15.1. The molecule has 0 aromatic heterocycles. The second kappa shape index (κ2) is 26.1. The summed E-state index contributed by atoms with van der Waals surface area (Å²) in [5.41, 5.74) is 0. The zero-order valence-electron chi connectivity index (χ0n) is 27.4. The fraction of sp³-hybridized carbons (Fsp3) is 0.471. The number of hydrogen-bond donors (Lipinski definition) is 6. The largest absolute Gasteiger partial charge is 0.487 e. The van der Waals surface area contributed by atoms with Crippen LogP contribution in [0.1, 0.15) is 40.5 Å². The van der Waals surface area contributed by atoms with E-state index in [1.165, 1.54) is 0 Å². The quantitative estimate of drug-likeness (QED) is 0.108. The van der Waals surface area contributed by atoms with Crippen LogP contribution in [0.15, 0.2) is 73.8 Å². The number of aliphatic carboxylic acids is 2. The van der Waals surface area contributed by atoms with Crippen molar-refractivity contribution in [1.82, 2.24) is 10.6 Å². The fourth-order valence-corrected chi connectivity index (χ4v) is 3.12. The van der Waals surface area contributed by atoms with Crippen molar-refractivity contribution >= 4 is 11.9 Å². The van der Waals surface area contributed by atoms with Gasteiger partial charge in [0.2, 0.25) is 0 Å². The van der Waals surface area contributed by atoms with Crippen LogP contribution in [0.2, 0.25) is 0 Å². The Labute approximate surface area is 272 Å². The fourth-order valence-electron chi connectivity index (χ4n) is 3.12. The SMILES string of the molecule is C=CCOc1ccccc1OCC(O)CNC(C)C.C=CCOc1ccccc1OCC(O)CNC(C)C.O=C(O)CCC(=O)O. The molecule has 0 aliphatic heterocycles. The van der Waals surface area contributed by atoms with Gasteiger partial charge in [-0.3, -0.25) is 9.59 Å². The van der Waals surface area contributed by atoms with E-state index in [1.807, 2.05) is 76.2 Å². The van der Waals surface area contributed by atoms with Crippen LogP contribution >= 0.6 is 0 Å². The Morgan fingerprint density at radius 2 is 0.957 bits per heavy atom. The van der Waals surface area contributed by atoms with Gasteiger partial charge in [-0.1, -0.05) is 77.3 Å². The molecule has 0 saturated carbocycles. The first-order chi connectivity index (χ1) is 21.9. The van der Waals surface area contributed by atoms with Crippen molar-refractivity contribution in [2.45, 2.75) is 64.8 Å². The molecule has 2 atom stereocenters. The first kappa shape index (κ1) is 41.9. The molecule has 6 N–H and O–H groups in total. The lowest BCUT2D eigenvalue weighted by Gasteiger charge is -2.16. The van der Waals surface area contributed by atoms with E-state index < -0.39 is 24.1 Å². The number of hydrogen-bond acceptors (Lipinski definition) is 10. The van der Waals surface area contributed by atoms with Crippen molar-refractivity contribution in [3.63, 3.8) is 0 Å². The molecule has 0 radical (unpaired) electrons. The van der Waals surface area contributed by atoms with Gasteiger partial charge in [0.25, 0.3) is 0 Å². The molecule has 0 amide bonds. The van der Waals surface area contributed by atoms with Crippen LogP contribution in [-0.2, 0) is 9.59 Å². The minimum absolute atomic E-state index is 0.230. The molecule has 46 heavy (non-hydrogen) atoms. The van der Waals surface area contributed by atoms with E-state index in [2.05, 4.69) is 23.8 Å². The highest BCUT2D eigenvalue weighted by Crippen LogP contribution is 2.27. The van der Waals surface area contributed by atoms with Gasteiger partial charge in [0.1, 0.15) is 38.6 Å². The van der Waals surface area contributed by atoms with E-state index in [-0.39, 0.29) is 26.1 Å². The van der Waals surface area contributed by atoms with E-state index in [1.54, 1.807) is 12.2 Å². The molecule has 0 heterocycles. The summed E-state index contributed by atoms with van der Waals surface area (Å²) >= 11 is 0. The molecular weight excluding hydrogens is 596 g/mol. The maximum atomic E-state index is 9.78. The van der Waals surface area contributed by atoms with E-state index in [0.29, 0.717) is 61.4 Å². The molecule has 0 aliphatic carbocycles. The molecule has 2 aromatic carbocycles. The number of nitrogens with one attached hydrogen (secondary N) is 2. The van der Waals surface area contributed by atoms with Crippen molar-refractivity contribution in [2.75, 3.05) is 39.5 Å². The molecule has 0 aliphatic rings. The molecule has 2 aromatic rings. The van der Waals surface area contributed by atoms with Gasteiger partial charge in [-0.15, -0.1) is 0 Å². The number of aliphatic hydroxyl groups excluding tert-OH is 2. The number of rotatable bonds is 21. The lowest BCUT2D eigenvalue weighted by atomic mass is 10.3. The van der Waals surface area contributed by atoms with E-state index in [9.17, 15) is 19.8 Å². The number of para-hydroxylation sites is 4. The van der Waals surface area contributed by atoms with Crippen molar-refractivity contribution in [2.24, 2.45) is 0 Å². The highest BCUT2D eigenvalue weighted by molar-refractivity contribution is 5.75.